The zero-order chi connectivity index (χ0) is 21.7. The second-order valence-electron chi connectivity index (χ2n) is 9.48. The van der Waals surface area contributed by atoms with Crippen molar-refractivity contribution in [2.24, 2.45) is 5.92 Å². The molecule has 3 unspecified atom stereocenters. The highest BCUT2D eigenvalue weighted by molar-refractivity contribution is 5.81. The summed E-state index contributed by atoms with van der Waals surface area (Å²) in [5.74, 6) is -0.551. The van der Waals surface area contributed by atoms with Gasteiger partial charge in [0.1, 0.15) is 12.9 Å². The lowest BCUT2D eigenvalue weighted by molar-refractivity contribution is -0.916. The summed E-state index contributed by atoms with van der Waals surface area (Å²) in [5, 5.41) is 11.7. The monoisotopic (exact) mass is 424 g/mol. The van der Waals surface area contributed by atoms with Gasteiger partial charge in [0.05, 0.1) is 20.1 Å². The molecule has 31 heavy (non-hydrogen) atoms. The minimum Gasteiger partial charge on any atom is -0.454 e. The minimum atomic E-state index is -1.56. The fraction of sp³-hybridized carbons (Fsp3) is 0.560. The number of ether oxygens (including phenoxy) is 1. The number of quaternary nitrogens is 1. The summed E-state index contributed by atoms with van der Waals surface area (Å²) in [6.07, 6.45) is 9.73. The Kier molecular flexibility index (Phi) is 6.68. The predicted molar refractivity (Wildman–Crippen MR) is 118 cm³/mol. The summed E-state index contributed by atoms with van der Waals surface area (Å²) < 4.78 is 6.88. The SMILES string of the molecule is C[N+]1(CCc2ccncn2)CCCC(OC(=O)C(O)(c2ccccc2)C2CCCC2)C1. The largest absolute Gasteiger partial charge is 0.454 e. The average Bonchev–Trinajstić information content (AvgIpc) is 3.34. The fourth-order valence-electron chi connectivity index (χ4n) is 5.32. The smallest absolute Gasteiger partial charge is 0.343 e. The van der Waals surface area contributed by atoms with Crippen molar-refractivity contribution >= 4 is 5.97 Å². The number of aromatic nitrogens is 2. The molecule has 6 heteroatoms. The number of hydrogen-bond donors (Lipinski definition) is 1. The number of nitrogens with zero attached hydrogens (tertiary/aromatic N) is 3. The van der Waals surface area contributed by atoms with Crippen LogP contribution < -0.4 is 0 Å². The van der Waals surface area contributed by atoms with Gasteiger partial charge >= 0.3 is 5.97 Å². The van der Waals surface area contributed by atoms with Crippen LogP contribution in [0.1, 0.15) is 49.8 Å². The Balaban J connectivity index is 1.44. The first-order valence-electron chi connectivity index (χ1n) is 11.6. The predicted octanol–water partition coefficient (Wildman–Crippen LogP) is 3.25. The third-order valence-corrected chi connectivity index (χ3v) is 7.16. The number of likely N-dealkylation sites (N-methyl/N-ethyl adjacent to an activating group) is 1. The third-order valence-electron chi connectivity index (χ3n) is 7.16. The zero-order valence-corrected chi connectivity index (χ0v) is 18.4. The van der Waals surface area contributed by atoms with Gasteiger partial charge in [0.15, 0.2) is 11.7 Å². The highest BCUT2D eigenvalue weighted by atomic mass is 16.6. The maximum atomic E-state index is 13.4. The van der Waals surface area contributed by atoms with Crippen LogP contribution in [0.15, 0.2) is 48.9 Å². The number of rotatable bonds is 7. The fourth-order valence-corrected chi connectivity index (χ4v) is 5.32. The van der Waals surface area contributed by atoms with Crippen molar-refractivity contribution in [2.75, 3.05) is 26.7 Å². The average molecular weight is 425 g/mol. The van der Waals surface area contributed by atoms with Crippen molar-refractivity contribution in [3.05, 3.63) is 60.2 Å². The van der Waals surface area contributed by atoms with Gasteiger partial charge in [0.25, 0.3) is 0 Å². The van der Waals surface area contributed by atoms with Crippen LogP contribution in [-0.2, 0) is 21.6 Å². The van der Waals surface area contributed by atoms with Gasteiger partial charge in [-0.15, -0.1) is 0 Å². The summed E-state index contributed by atoms with van der Waals surface area (Å²) in [5.41, 5.74) is 0.136. The molecule has 1 aliphatic heterocycles. The first kappa shape index (κ1) is 21.9. The minimum absolute atomic E-state index is 0.0790. The molecule has 2 aliphatic rings. The lowest BCUT2D eigenvalue weighted by atomic mass is 9.80. The highest BCUT2D eigenvalue weighted by Crippen LogP contribution is 2.42. The number of esters is 1. The van der Waals surface area contributed by atoms with Gasteiger partial charge in [-0.2, -0.15) is 0 Å². The van der Waals surface area contributed by atoms with Crippen LogP contribution in [0.25, 0.3) is 0 Å². The van der Waals surface area contributed by atoms with Crippen molar-refractivity contribution < 1.29 is 19.1 Å². The summed E-state index contributed by atoms with van der Waals surface area (Å²) >= 11 is 0. The standard InChI is InChI=1S/C25H34N3O3/c1-28(17-14-22-13-15-26-19-27-22)16-7-12-23(18-28)31-24(29)25(30,21-10-5-6-11-21)20-8-3-2-4-9-20/h2-4,8-9,13,15,19,21,23,30H,5-7,10-12,14,16-18H2,1H3/q+1. The van der Waals surface area contributed by atoms with E-state index in [1.54, 1.807) is 12.5 Å². The Labute approximate surface area is 184 Å². The molecule has 3 atom stereocenters. The van der Waals surface area contributed by atoms with E-state index in [1.165, 1.54) is 0 Å². The van der Waals surface area contributed by atoms with E-state index in [4.69, 9.17) is 4.74 Å². The molecule has 1 aliphatic carbocycles. The van der Waals surface area contributed by atoms with E-state index in [1.807, 2.05) is 36.4 Å². The van der Waals surface area contributed by atoms with Crippen LogP contribution in [0, 0.1) is 5.92 Å². The zero-order valence-electron chi connectivity index (χ0n) is 18.4. The molecule has 4 rings (SSSR count). The van der Waals surface area contributed by atoms with E-state index in [0.717, 1.165) is 74.8 Å². The van der Waals surface area contributed by atoms with Crippen LogP contribution in [0.2, 0.25) is 0 Å². The van der Waals surface area contributed by atoms with E-state index in [2.05, 4.69) is 17.0 Å². The van der Waals surface area contributed by atoms with Gasteiger partial charge in [-0.3, -0.25) is 0 Å². The van der Waals surface area contributed by atoms with Crippen molar-refractivity contribution in [3.8, 4) is 0 Å². The van der Waals surface area contributed by atoms with E-state index in [-0.39, 0.29) is 12.0 Å². The Hall–Kier alpha value is -2.31. The van der Waals surface area contributed by atoms with E-state index in [9.17, 15) is 9.90 Å². The molecule has 1 saturated carbocycles. The molecule has 166 valence electrons. The number of aliphatic hydroxyl groups is 1. The summed E-state index contributed by atoms with van der Waals surface area (Å²) in [7, 11) is 2.22. The maximum Gasteiger partial charge on any atom is 0.343 e. The number of carbonyl (C=O) groups excluding carboxylic acids is 1. The van der Waals surface area contributed by atoms with Crippen molar-refractivity contribution in [1.29, 1.82) is 0 Å². The second-order valence-corrected chi connectivity index (χ2v) is 9.48. The number of piperidine rings is 1. The Morgan fingerprint density at radius 3 is 2.65 bits per heavy atom. The van der Waals surface area contributed by atoms with Gasteiger partial charge in [-0.1, -0.05) is 43.2 Å². The molecule has 2 heterocycles. The molecular weight excluding hydrogens is 390 g/mol. The molecule has 1 N–H and O–H groups in total. The lowest BCUT2D eigenvalue weighted by Gasteiger charge is -2.42. The summed E-state index contributed by atoms with van der Waals surface area (Å²) in [6, 6.07) is 11.3. The quantitative estimate of drug-likeness (QED) is 0.546. The van der Waals surface area contributed by atoms with Gasteiger partial charge in [0, 0.05) is 30.7 Å². The van der Waals surface area contributed by atoms with Crippen molar-refractivity contribution in [3.63, 3.8) is 0 Å². The molecule has 0 spiro atoms. The number of carbonyl (C=O) groups is 1. The van der Waals surface area contributed by atoms with Crippen LogP contribution in [-0.4, -0.2) is 58.3 Å². The summed E-state index contributed by atoms with van der Waals surface area (Å²) in [4.78, 5) is 21.7. The van der Waals surface area contributed by atoms with Gasteiger partial charge in [-0.25, -0.2) is 14.8 Å². The van der Waals surface area contributed by atoms with Gasteiger partial charge < -0.3 is 14.3 Å². The first-order chi connectivity index (χ1) is 15.0. The van der Waals surface area contributed by atoms with E-state index >= 15 is 0 Å². The molecule has 0 amide bonds. The topological polar surface area (TPSA) is 72.3 Å². The molecule has 2 aromatic rings. The van der Waals surface area contributed by atoms with E-state index < -0.39 is 11.6 Å². The molecule has 0 radical (unpaired) electrons. The Bertz CT molecular complexity index is 857. The van der Waals surface area contributed by atoms with E-state index in [0.29, 0.717) is 5.56 Å². The highest BCUT2D eigenvalue weighted by Gasteiger charge is 2.49. The third kappa shape index (κ3) is 4.96. The summed E-state index contributed by atoms with van der Waals surface area (Å²) in [6.45, 7) is 2.77. The van der Waals surface area contributed by atoms with Crippen LogP contribution in [0.4, 0.5) is 0 Å². The molecule has 1 aromatic carbocycles. The molecule has 6 nitrogen and oxygen atoms in total. The number of hydrogen-bond acceptors (Lipinski definition) is 5. The normalized spacial score (nSPS) is 26.3. The van der Waals surface area contributed by atoms with Crippen molar-refractivity contribution in [1.82, 2.24) is 9.97 Å². The van der Waals surface area contributed by atoms with Gasteiger partial charge in [0.2, 0.25) is 0 Å². The number of benzene rings is 1. The van der Waals surface area contributed by atoms with Crippen LogP contribution in [0.3, 0.4) is 0 Å². The molecular formula is C25H34N3O3+. The Morgan fingerprint density at radius 2 is 1.94 bits per heavy atom. The molecule has 1 aromatic heterocycles. The maximum absolute atomic E-state index is 13.4. The first-order valence-corrected chi connectivity index (χ1v) is 11.6. The van der Waals surface area contributed by atoms with Crippen LogP contribution >= 0.6 is 0 Å². The second kappa shape index (κ2) is 9.45. The van der Waals surface area contributed by atoms with Crippen molar-refractivity contribution in [2.45, 2.75) is 56.7 Å². The molecule has 2 fully saturated rings. The number of likely N-dealkylation sites (tertiary alicyclic amines) is 1. The molecule has 0 bridgehead atoms. The Morgan fingerprint density at radius 1 is 1.16 bits per heavy atom. The molecule has 1 saturated heterocycles. The van der Waals surface area contributed by atoms with Gasteiger partial charge in [-0.05, 0) is 30.9 Å². The lowest BCUT2D eigenvalue weighted by Crippen LogP contribution is -2.56. The van der Waals surface area contributed by atoms with Crippen LogP contribution in [0.5, 0.6) is 0 Å².